The molecule has 5 heteroatoms. The quantitative estimate of drug-likeness (QED) is 0.827. The number of hydrogen-bond donors (Lipinski definition) is 1. The first-order valence-electron chi connectivity index (χ1n) is 6.17. The van der Waals surface area contributed by atoms with Gasteiger partial charge < -0.3 is 10.2 Å². The first-order valence-corrected chi connectivity index (χ1v) is 6.17. The van der Waals surface area contributed by atoms with Crippen LogP contribution in [0.2, 0.25) is 0 Å². The standard InChI is InChI=1S/C12H23F3N2/c1-11(2,8-16-9-12(13,14)15)10-4-6-17(3)7-5-10/h10,16H,4-9H2,1-3H3. The number of hydrogen-bond acceptors (Lipinski definition) is 2. The monoisotopic (exact) mass is 252 g/mol. The van der Waals surface area contributed by atoms with Crippen LogP contribution in [0, 0.1) is 11.3 Å². The molecule has 1 rings (SSSR count). The van der Waals surface area contributed by atoms with Gasteiger partial charge in [0.2, 0.25) is 0 Å². The Hall–Kier alpha value is -0.290. The summed E-state index contributed by atoms with van der Waals surface area (Å²) in [7, 11) is 2.09. The molecule has 0 unspecified atom stereocenters. The molecule has 102 valence electrons. The fourth-order valence-electron chi connectivity index (χ4n) is 2.46. The van der Waals surface area contributed by atoms with Gasteiger partial charge in [0, 0.05) is 6.54 Å². The van der Waals surface area contributed by atoms with E-state index in [0.717, 1.165) is 25.9 Å². The van der Waals surface area contributed by atoms with Crippen LogP contribution in [0.3, 0.4) is 0 Å². The third kappa shape index (κ3) is 5.25. The summed E-state index contributed by atoms with van der Waals surface area (Å²) in [5.74, 6) is 0.513. The molecule has 1 saturated heterocycles. The van der Waals surface area contributed by atoms with Gasteiger partial charge in [0.1, 0.15) is 0 Å². The molecule has 0 radical (unpaired) electrons. The first kappa shape index (κ1) is 14.8. The molecule has 0 amide bonds. The molecule has 0 atom stereocenters. The van der Waals surface area contributed by atoms with E-state index >= 15 is 0 Å². The molecular weight excluding hydrogens is 229 g/mol. The van der Waals surface area contributed by atoms with E-state index in [1.54, 1.807) is 0 Å². The lowest BCUT2D eigenvalue weighted by Gasteiger charge is -2.40. The highest BCUT2D eigenvalue weighted by Gasteiger charge is 2.33. The number of piperidine rings is 1. The van der Waals surface area contributed by atoms with Crippen molar-refractivity contribution in [3.63, 3.8) is 0 Å². The first-order chi connectivity index (χ1) is 7.71. The summed E-state index contributed by atoms with van der Waals surface area (Å²) in [5, 5.41) is 2.54. The van der Waals surface area contributed by atoms with Crippen LogP contribution in [0.4, 0.5) is 13.2 Å². The van der Waals surface area contributed by atoms with E-state index in [-0.39, 0.29) is 5.41 Å². The fraction of sp³-hybridized carbons (Fsp3) is 1.00. The normalized spacial score (nSPS) is 20.8. The Morgan fingerprint density at radius 1 is 1.12 bits per heavy atom. The van der Waals surface area contributed by atoms with E-state index in [0.29, 0.717) is 12.5 Å². The lowest BCUT2D eigenvalue weighted by Crippen LogP contribution is -2.43. The van der Waals surface area contributed by atoms with E-state index in [2.05, 4.69) is 31.1 Å². The van der Waals surface area contributed by atoms with Crippen LogP contribution < -0.4 is 5.32 Å². The zero-order chi connectivity index (χ0) is 13.1. The smallest absolute Gasteiger partial charge is 0.308 e. The number of likely N-dealkylation sites (tertiary alicyclic amines) is 1. The average Bonchev–Trinajstić information content (AvgIpc) is 2.15. The topological polar surface area (TPSA) is 15.3 Å². The van der Waals surface area contributed by atoms with Crippen LogP contribution in [-0.4, -0.2) is 44.3 Å². The van der Waals surface area contributed by atoms with Gasteiger partial charge in [-0.3, -0.25) is 0 Å². The Balaban J connectivity index is 2.35. The Kier molecular flexibility index (Phi) is 4.84. The predicted molar refractivity (Wildman–Crippen MR) is 62.9 cm³/mol. The number of alkyl halides is 3. The number of nitrogens with one attached hydrogen (secondary N) is 1. The maximum atomic E-state index is 12.1. The van der Waals surface area contributed by atoms with Gasteiger partial charge in [0.15, 0.2) is 0 Å². The van der Waals surface area contributed by atoms with Gasteiger partial charge in [0.25, 0.3) is 0 Å². The van der Waals surface area contributed by atoms with Crippen molar-refractivity contribution in [3.05, 3.63) is 0 Å². The molecule has 0 aromatic heterocycles. The molecular formula is C12H23F3N2. The van der Waals surface area contributed by atoms with Crippen LogP contribution in [0.25, 0.3) is 0 Å². The van der Waals surface area contributed by atoms with Crippen molar-refractivity contribution in [1.29, 1.82) is 0 Å². The van der Waals surface area contributed by atoms with E-state index in [9.17, 15) is 13.2 Å². The molecule has 17 heavy (non-hydrogen) atoms. The molecule has 0 saturated carbocycles. The number of rotatable bonds is 4. The van der Waals surface area contributed by atoms with Gasteiger partial charge in [0.05, 0.1) is 6.54 Å². The Bertz CT molecular complexity index is 230. The van der Waals surface area contributed by atoms with Gasteiger partial charge >= 0.3 is 6.18 Å². The summed E-state index contributed by atoms with van der Waals surface area (Å²) in [6.45, 7) is 5.77. The summed E-state index contributed by atoms with van der Waals surface area (Å²) < 4.78 is 36.2. The SMILES string of the molecule is CN1CCC(C(C)(C)CNCC(F)(F)F)CC1. The van der Waals surface area contributed by atoms with Gasteiger partial charge in [-0.1, -0.05) is 13.8 Å². The van der Waals surface area contributed by atoms with E-state index < -0.39 is 12.7 Å². The maximum absolute atomic E-state index is 12.1. The van der Waals surface area contributed by atoms with E-state index in [1.807, 2.05) is 0 Å². The molecule has 0 aromatic carbocycles. The van der Waals surface area contributed by atoms with Crippen molar-refractivity contribution in [3.8, 4) is 0 Å². The van der Waals surface area contributed by atoms with Crippen LogP contribution >= 0.6 is 0 Å². The lowest BCUT2D eigenvalue weighted by molar-refractivity contribution is -0.126. The fourth-order valence-corrected chi connectivity index (χ4v) is 2.46. The van der Waals surface area contributed by atoms with Crippen LogP contribution in [-0.2, 0) is 0 Å². The molecule has 0 aliphatic carbocycles. The number of halogens is 3. The lowest BCUT2D eigenvalue weighted by atomic mass is 9.73. The minimum Gasteiger partial charge on any atom is -0.308 e. The van der Waals surface area contributed by atoms with Crippen LogP contribution in [0.1, 0.15) is 26.7 Å². The molecule has 1 aliphatic rings. The molecule has 1 aliphatic heterocycles. The van der Waals surface area contributed by atoms with Gasteiger partial charge in [-0.15, -0.1) is 0 Å². The summed E-state index contributed by atoms with van der Waals surface area (Å²) in [5.41, 5.74) is -0.0630. The van der Waals surface area contributed by atoms with Crippen LogP contribution in [0.5, 0.6) is 0 Å². The van der Waals surface area contributed by atoms with Gasteiger partial charge in [-0.25, -0.2) is 0 Å². The minimum absolute atomic E-state index is 0.0630. The summed E-state index contributed by atoms with van der Waals surface area (Å²) in [4.78, 5) is 2.27. The molecule has 1 heterocycles. The largest absolute Gasteiger partial charge is 0.401 e. The third-order valence-electron chi connectivity index (χ3n) is 3.73. The second-order valence-electron chi connectivity index (χ2n) is 5.78. The summed E-state index contributed by atoms with van der Waals surface area (Å²) >= 11 is 0. The second-order valence-corrected chi connectivity index (χ2v) is 5.78. The molecule has 0 aromatic rings. The predicted octanol–water partition coefficient (Wildman–Crippen LogP) is 2.51. The summed E-state index contributed by atoms with van der Waals surface area (Å²) in [6, 6.07) is 0. The van der Waals surface area contributed by atoms with Gasteiger partial charge in [-0.05, 0) is 44.3 Å². The highest BCUT2D eigenvalue weighted by Crippen LogP contribution is 2.34. The zero-order valence-corrected chi connectivity index (χ0v) is 10.9. The van der Waals surface area contributed by atoms with Crippen molar-refractivity contribution in [2.45, 2.75) is 32.9 Å². The zero-order valence-electron chi connectivity index (χ0n) is 10.9. The van der Waals surface area contributed by atoms with E-state index in [1.165, 1.54) is 0 Å². The third-order valence-corrected chi connectivity index (χ3v) is 3.73. The van der Waals surface area contributed by atoms with Crippen molar-refractivity contribution in [2.24, 2.45) is 11.3 Å². The molecule has 2 nitrogen and oxygen atoms in total. The molecule has 0 spiro atoms. The highest BCUT2D eigenvalue weighted by molar-refractivity contribution is 4.84. The Morgan fingerprint density at radius 2 is 1.65 bits per heavy atom. The van der Waals surface area contributed by atoms with Crippen molar-refractivity contribution >= 4 is 0 Å². The Labute approximate surface area is 102 Å². The number of nitrogens with zero attached hydrogens (tertiary/aromatic N) is 1. The Morgan fingerprint density at radius 3 is 2.12 bits per heavy atom. The molecule has 1 N–H and O–H groups in total. The van der Waals surface area contributed by atoms with Crippen LogP contribution in [0.15, 0.2) is 0 Å². The second kappa shape index (κ2) is 5.57. The highest BCUT2D eigenvalue weighted by atomic mass is 19.4. The average molecular weight is 252 g/mol. The van der Waals surface area contributed by atoms with Crippen molar-refractivity contribution in [1.82, 2.24) is 10.2 Å². The van der Waals surface area contributed by atoms with Gasteiger partial charge in [-0.2, -0.15) is 13.2 Å². The maximum Gasteiger partial charge on any atom is 0.401 e. The van der Waals surface area contributed by atoms with Crippen molar-refractivity contribution in [2.75, 3.05) is 33.2 Å². The molecule has 1 fully saturated rings. The molecule has 0 bridgehead atoms. The minimum atomic E-state index is -4.11. The van der Waals surface area contributed by atoms with Crippen molar-refractivity contribution < 1.29 is 13.2 Å². The van der Waals surface area contributed by atoms with E-state index in [4.69, 9.17) is 0 Å². The summed E-state index contributed by atoms with van der Waals surface area (Å²) in [6.07, 6.45) is -1.95.